The summed E-state index contributed by atoms with van der Waals surface area (Å²) in [6, 6.07) is 18.8. The van der Waals surface area contributed by atoms with E-state index in [0.29, 0.717) is 5.56 Å². The van der Waals surface area contributed by atoms with Crippen molar-refractivity contribution in [2.45, 2.75) is 26.7 Å². The van der Waals surface area contributed by atoms with Crippen LogP contribution < -0.4 is 10.6 Å². The van der Waals surface area contributed by atoms with Crippen LogP contribution in [0, 0.1) is 6.92 Å². The number of hydrogen-bond donors (Lipinski definition) is 2. The largest absolute Gasteiger partial charge is 0.320 e. The second kappa shape index (κ2) is 9.34. The number of amides is 2. The molecular weight excluding hydrogens is 380 g/mol. The van der Waals surface area contributed by atoms with E-state index in [0.717, 1.165) is 21.7 Å². The van der Waals surface area contributed by atoms with Gasteiger partial charge < -0.3 is 10.6 Å². The van der Waals surface area contributed by atoms with Gasteiger partial charge in [-0.25, -0.2) is 0 Å². The van der Waals surface area contributed by atoms with E-state index in [1.165, 1.54) is 11.3 Å². The molecule has 0 aliphatic carbocycles. The minimum Gasteiger partial charge on any atom is -0.320 e. The molecule has 0 saturated carbocycles. The average molecular weight is 405 g/mol. The zero-order valence-electron chi connectivity index (χ0n) is 16.7. The summed E-state index contributed by atoms with van der Waals surface area (Å²) >= 11 is 1.50. The molecule has 29 heavy (non-hydrogen) atoms. The van der Waals surface area contributed by atoms with Crippen LogP contribution in [-0.2, 0) is 4.79 Å². The minimum atomic E-state index is -0.354. The van der Waals surface area contributed by atoms with E-state index in [-0.39, 0.29) is 23.4 Å². The highest BCUT2D eigenvalue weighted by Crippen LogP contribution is 2.24. The van der Waals surface area contributed by atoms with Crippen molar-refractivity contribution in [3.05, 3.63) is 93.3 Å². The molecule has 0 bridgehead atoms. The average Bonchev–Trinajstić information content (AvgIpc) is 3.20. The molecule has 3 aromatic rings. The number of thiophene rings is 1. The number of nitrogens with one attached hydrogen (secondary N) is 2. The van der Waals surface area contributed by atoms with E-state index in [2.05, 4.69) is 24.5 Å². The molecule has 0 aliphatic rings. The molecule has 2 aromatic carbocycles. The van der Waals surface area contributed by atoms with Gasteiger partial charge >= 0.3 is 0 Å². The molecule has 2 N–H and O–H groups in total. The van der Waals surface area contributed by atoms with Gasteiger partial charge in [0.1, 0.15) is 5.70 Å². The van der Waals surface area contributed by atoms with Crippen molar-refractivity contribution < 1.29 is 9.59 Å². The monoisotopic (exact) mass is 404 g/mol. The third-order valence-corrected chi connectivity index (χ3v) is 5.25. The summed E-state index contributed by atoms with van der Waals surface area (Å²) in [5.41, 5.74) is 3.49. The van der Waals surface area contributed by atoms with Crippen molar-refractivity contribution in [1.82, 2.24) is 5.32 Å². The van der Waals surface area contributed by atoms with Crippen LogP contribution in [-0.4, -0.2) is 11.8 Å². The number of carbonyl (C=O) groups excluding carboxylic acids is 2. The van der Waals surface area contributed by atoms with E-state index in [4.69, 9.17) is 0 Å². The van der Waals surface area contributed by atoms with Gasteiger partial charge in [0.25, 0.3) is 11.8 Å². The Morgan fingerprint density at radius 1 is 1.00 bits per heavy atom. The van der Waals surface area contributed by atoms with Crippen LogP contribution in [0.15, 0.2) is 71.7 Å². The Bertz CT molecular complexity index is 1040. The summed E-state index contributed by atoms with van der Waals surface area (Å²) in [6.07, 6.45) is 1.70. The zero-order valence-corrected chi connectivity index (χ0v) is 17.5. The maximum Gasteiger partial charge on any atom is 0.272 e. The Balaban J connectivity index is 1.88. The van der Waals surface area contributed by atoms with Crippen molar-refractivity contribution in [2.24, 2.45) is 0 Å². The smallest absolute Gasteiger partial charge is 0.272 e. The maximum absolute atomic E-state index is 13.1. The fourth-order valence-electron chi connectivity index (χ4n) is 2.96. The lowest BCUT2D eigenvalue weighted by atomic mass is 10.0. The van der Waals surface area contributed by atoms with Gasteiger partial charge in [0.2, 0.25) is 0 Å². The Hall–Kier alpha value is -3.18. The molecule has 0 saturated heterocycles. The molecule has 5 heteroatoms. The molecule has 0 atom stereocenters. The lowest BCUT2D eigenvalue weighted by Gasteiger charge is -2.15. The highest BCUT2D eigenvalue weighted by atomic mass is 32.1. The third-order valence-electron chi connectivity index (χ3n) is 4.43. The van der Waals surface area contributed by atoms with Gasteiger partial charge in [-0.1, -0.05) is 55.8 Å². The lowest BCUT2D eigenvalue weighted by Crippen LogP contribution is -2.31. The number of benzene rings is 2. The number of hydrogen-bond acceptors (Lipinski definition) is 3. The molecule has 148 valence electrons. The molecule has 0 aliphatic heterocycles. The summed E-state index contributed by atoms with van der Waals surface area (Å²) in [5.74, 6) is -0.408. The Morgan fingerprint density at radius 2 is 1.79 bits per heavy atom. The molecule has 0 spiro atoms. The van der Waals surface area contributed by atoms with Gasteiger partial charge in [0, 0.05) is 16.1 Å². The quantitative estimate of drug-likeness (QED) is 0.526. The predicted octanol–water partition coefficient (Wildman–Crippen LogP) is 5.59. The highest BCUT2D eigenvalue weighted by Gasteiger charge is 2.17. The van der Waals surface area contributed by atoms with Crippen molar-refractivity contribution in [2.75, 3.05) is 5.32 Å². The summed E-state index contributed by atoms with van der Waals surface area (Å²) in [4.78, 5) is 26.7. The zero-order chi connectivity index (χ0) is 20.8. The van der Waals surface area contributed by atoms with Crippen LogP contribution in [0.1, 0.15) is 46.1 Å². The fraction of sp³-hybridized carbons (Fsp3) is 0.167. The van der Waals surface area contributed by atoms with Gasteiger partial charge in [0.05, 0.1) is 0 Å². The summed E-state index contributed by atoms with van der Waals surface area (Å²) in [5, 5.41) is 7.67. The molecule has 0 fully saturated rings. The van der Waals surface area contributed by atoms with Crippen molar-refractivity contribution in [3.63, 3.8) is 0 Å². The summed E-state index contributed by atoms with van der Waals surface area (Å²) in [6.45, 7) is 6.08. The van der Waals surface area contributed by atoms with Gasteiger partial charge in [-0.3, -0.25) is 9.59 Å². The Labute approximate surface area is 175 Å². The number of aryl methyl sites for hydroxylation is 1. The van der Waals surface area contributed by atoms with Crippen molar-refractivity contribution in [3.8, 4) is 0 Å². The predicted molar refractivity (Wildman–Crippen MR) is 120 cm³/mol. The van der Waals surface area contributed by atoms with Gasteiger partial charge in [-0.15, -0.1) is 11.3 Å². The molecule has 1 aromatic heterocycles. The highest BCUT2D eigenvalue weighted by molar-refractivity contribution is 7.10. The number of rotatable bonds is 6. The Kier molecular flexibility index (Phi) is 6.62. The van der Waals surface area contributed by atoms with Crippen molar-refractivity contribution in [1.29, 1.82) is 0 Å². The van der Waals surface area contributed by atoms with Gasteiger partial charge in [-0.05, 0) is 54.1 Å². The topological polar surface area (TPSA) is 58.2 Å². The van der Waals surface area contributed by atoms with Crippen LogP contribution in [0.25, 0.3) is 6.08 Å². The van der Waals surface area contributed by atoms with Crippen LogP contribution in [0.2, 0.25) is 0 Å². The molecule has 1 heterocycles. The molecule has 4 nitrogen and oxygen atoms in total. The van der Waals surface area contributed by atoms with E-state index in [1.54, 1.807) is 18.2 Å². The molecular formula is C24H24N2O2S. The maximum atomic E-state index is 13.1. The number of carbonyl (C=O) groups is 2. The minimum absolute atomic E-state index is 0.206. The standard InChI is InChI=1S/C24H24N2O2S/c1-16(2)20-11-4-5-12-21(20)25-24(28)22(15-19-10-7-13-29-19)26-23(27)18-9-6-8-17(3)14-18/h4-16H,1-3H3,(H,25,28)(H,26,27)/b22-15-. The van der Waals surface area contributed by atoms with E-state index in [1.807, 2.05) is 60.8 Å². The SMILES string of the molecule is Cc1cccc(C(=O)N/C(=C\c2cccs2)C(=O)Nc2ccccc2C(C)C)c1. The fourth-order valence-corrected chi connectivity index (χ4v) is 3.62. The second-order valence-electron chi connectivity index (χ2n) is 7.09. The summed E-state index contributed by atoms with van der Waals surface area (Å²) < 4.78 is 0. The van der Waals surface area contributed by atoms with Gasteiger partial charge in [-0.2, -0.15) is 0 Å². The first-order valence-electron chi connectivity index (χ1n) is 9.47. The van der Waals surface area contributed by atoms with Gasteiger partial charge in [0.15, 0.2) is 0 Å². The van der Waals surface area contributed by atoms with Crippen LogP contribution in [0.3, 0.4) is 0 Å². The number of anilines is 1. The second-order valence-corrected chi connectivity index (χ2v) is 8.07. The third kappa shape index (κ3) is 5.42. The first-order valence-corrected chi connectivity index (χ1v) is 10.4. The van der Waals surface area contributed by atoms with Crippen LogP contribution in [0.5, 0.6) is 0 Å². The molecule has 0 radical (unpaired) electrons. The summed E-state index contributed by atoms with van der Waals surface area (Å²) in [7, 11) is 0. The van der Waals surface area contributed by atoms with E-state index >= 15 is 0 Å². The van der Waals surface area contributed by atoms with Crippen LogP contribution >= 0.6 is 11.3 Å². The van der Waals surface area contributed by atoms with Crippen molar-refractivity contribution >= 4 is 34.9 Å². The van der Waals surface area contributed by atoms with Crippen LogP contribution in [0.4, 0.5) is 5.69 Å². The first kappa shape index (κ1) is 20.6. The normalized spacial score (nSPS) is 11.4. The molecule has 2 amide bonds. The van der Waals surface area contributed by atoms with E-state index < -0.39 is 0 Å². The molecule has 3 rings (SSSR count). The van der Waals surface area contributed by atoms with E-state index in [9.17, 15) is 9.59 Å². The lowest BCUT2D eigenvalue weighted by molar-refractivity contribution is -0.113. The first-order chi connectivity index (χ1) is 13.9. The Morgan fingerprint density at radius 3 is 2.48 bits per heavy atom. The number of para-hydroxylation sites is 1. The molecule has 0 unspecified atom stereocenters.